The van der Waals surface area contributed by atoms with Crippen LogP contribution in [0.1, 0.15) is 33.1 Å². The average molecular weight is 176 g/mol. The standard InChI is InChI=1S/C9H14F2O/c1-6(2)12-7-3-8(4-7)5-9(8,10)11/h6-7H,3-5H2,1-2H3. The number of rotatable bonds is 2. The van der Waals surface area contributed by atoms with Gasteiger partial charge >= 0.3 is 0 Å². The highest BCUT2D eigenvalue weighted by Crippen LogP contribution is 2.71. The van der Waals surface area contributed by atoms with Crippen LogP contribution >= 0.6 is 0 Å². The molecule has 1 nitrogen and oxygen atoms in total. The molecule has 3 heteroatoms. The number of hydrogen-bond donors (Lipinski definition) is 0. The van der Waals surface area contributed by atoms with Crippen molar-refractivity contribution in [2.75, 3.05) is 0 Å². The summed E-state index contributed by atoms with van der Waals surface area (Å²) >= 11 is 0. The topological polar surface area (TPSA) is 9.23 Å². The molecule has 12 heavy (non-hydrogen) atoms. The molecule has 70 valence electrons. The second-order valence-corrected chi connectivity index (χ2v) is 4.38. The average Bonchev–Trinajstić information content (AvgIpc) is 2.31. The Hall–Kier alpha value is -0.180. The molecule has 0 heterocycles. The zero-order chi connectivity index (χ0) is 8.98. The van der Waals surface area contributed by atoms with Crippen molar-refractivity contribution in [1.29, 1.82) is 0 Å². The van der Waals surface area contributed by atoms with E-state index in [4.69, 9.17) is 4.74 Å². The van der Waals surface area contributed by atoms with Crippen LogP contribution in [0.5, 0.6) is 0 Å². The summed E-state index contributed by atoms with van der Waals surface area (Å²) in [6.07, 6.45) is 1.49. The Morgan fingerprint density at radius 3 is 2.17 bits per heavy atom. The number of ether oxygens (including phenoxy) is 1. The van der Waals surface area contributed by atoms with Gasteiger partial charge in [-0.1, -0.05) is 0 Å². The van der Waals surface area contributed by atoms with Crippen LogP contribution in [0.2, 0.25) is 0 Å². The maximum atomic E-state index is 12.7. The smallest absolute Gasteiger partial charge is 0.254 e. The monoisotopic (exact) mass is 176 g/mol. The molecule has 0 amide bonds. The molecular weight excluding hydrogens is 162 g/mol. The Kier molecular flexibility index (Phi) is 1.54. The normalized spacial score (nSPS) is 43.2. The summed E-state index contributed by atoms with van der Waals surface area (Å²) in [5.74, 6) is -2.37. The minimum absolute atomic E-state index is 0.0952. The lowest BCUT2D eigenvalue weighted by Gasteiger charge is -2.36. The molecule has 2 aliphatic rings. The van der Waals surface area contributed by atoms with Gasteiger partial charge in [-0.15, -0.1) is 0 Å². The molecule has 2 saturated carbocycles. The SMILES string of the molecule is CC(C)OC1CC2(C1)CC2(F)F. The predicted molar refractivity (Wildman–Crippen MR) is 41.2 cm³/mol. The molecule has 0 aromatic rings. The van der Waals surface area contributed by atoms with E-state index in [1.165, 1.54) is 0 Å². The van der Waals surface area contributed by atoms with Gasteiger partial charge in [-0.05, 0) is 26.7 Å². The van der Waals surface area contributed by atoms with Gasteiger partial charge in [-0.3, -0.25) is 0 Å². The van der Waals surface area contributed by atoms with Crippen molar-refractivity contribution in [2.45, 2.75) is 51.2 Å². The third kappa shape index (κ3) is 1.06. The van der Waals surface area contributed by atoms with Gasteiger partial charge in [0.1, 0.15) is 0 Å². The van der Waals surface area contributed by atoms with E-state index in [-0.39, 0.29) is 18.6 Å². The van der Waals surface area contributed by atoms with E-state index in [9.17, 15) is 8.78 Å². The second kappa shape index (κ2) is 2.19. The van der Waals surface area contributed by atoms with Crippen molar-refractivity contribution in [3.05, 3.63) is 0 Å². The molecule has 0 saturated heterocycles. The van der Waals surface area contributed by atoms with Crippen LogP contribution < -0.4 is 0 Å². The fraction of sp³-hybridized carbons (Fsp3) is 1.00. The van der Waals surface area contributed by atoms with Gasteiger partial charge in [0.15, 0.2) is 0 Å². The highest BCUT2D eigenvalue weighted by Gasteiger charge is 2.75. The Bertz CT molecular complexity index is 195. The lowest BCUT2D eigenvalue weighted by Crippen LogP contribution is -2.38. The number of alkyl halides is 2. The summed E-state index contributed by atoms with van der Waals surface area (Å²) in [7, 11) is 0. The van der Waals surface area contributed by atoms with E-state index in [1.807, 2.05) is 13.8 Å². The predicted octanol–water partition coefficient (Wildman–Crippen LogP) is 2.60. The highest BCUT2D eigenvalue weighted by atomic mass is 19.3. The largest absolute Gasteiger partial charge is 0.376 e. The number of hydrogen-bond acceptors (Lipinski definition) is 1. The fourth-order valence-corrected chi connectivity index (χ4v) is 2.12. The van der Waals surface area contributed by atoms with Crippen molar-refractivity contribution in [3.8, 4) is 0 Å². The van der Waals surface area contributed by atoms with E-state index in [0.29, 0.717) is 12.8 Å². The lowest BCUT2D eigenvalue weighted by molar-refractivity contribution is -0.102. The van der Waals surface area contributed by atoms with Gasteiger partial charge < -0.3 is 4.74 Å². The van der Waals surface area contributed by atoms with E-state index in [0.717, 1.165) is 0 Å². The van der Waals surface area contributed by atoms with Crippen molar-refractivity contribution in [1.82, 2.24) is 0 Å². The first kappa shape index (κ1) is 8.42. The van der Waals surface area contributed by atoms with Gasteiger partial charge in [0.25, 0.3) is 5.92 Å². The summed E-state index contributed by atoms with van der Waals surface area (Å²) in [4.78, 5) is 0. The summed E-state index contributed by atoms with van der Waals surface area (Å²) < 4.78 is 30.8. The number of halogens is 2. The summed E-state index contributed by atoms with van der Waals surface area (Å²) in [6.45, 7) is 3.88. The van der Waals surface area contributed by atoms with Crippen molar-refractivity contribution >= 4 is 0 Å². The van der Waals surface area contributed by atoms with E-state index in [1.54, 1.807) is 0 Å². The van der Waals surface area contributed by atoms with Gasteiger partial charge in [0.2, 0.25) is 0 Å². The second-order valence-electron chi connectivity index (χ2n) is 4.38. The summed E-state index contributed by atoms with van der Waals surface area (Å²) in [6, 6.07) is 0. The van der Waals surface area contributed by atoms with Crippen LogP contribution in [0.15, 0.2) is 0 Å². The van der Waals surface area contributed by atoms with Crippen molar-refractivity contribution < 1.29 is 13.5 Å². The third-order valence-corrected chi connectivity index (χ3v) is 2.91. The third-order valence-electron chi connectivity index (χ3n) is 2.91. The van der Waals surface area contributed by atoms with Gasteiger partial charge in [-0.2, -0.15) is 0 Å². The maximum absolute atomic E-state index is 12.7. The molecule has 0 aromatic heterocycles. The van der Waals surface area contributed by atoms with Crippen LogP contribution in [0.3, 0.4) is 0 Å². The Balaban J connectivity index is 1.79. The molecule has 0 unspecified atom stereocenters. The lowest BCUT2D eigenvalue weighted by atomic mass is 9.78. The van der Waals surface area contributed by atoms with Crippen LogP contribution in [0.25, 0.3) is 0 Å². The molecule has 0 atom stereocenters. The van der Waals surface area contributed by atoms with Gasteiger partial charge in [0, 0.05) is 11.8 Å². The minimum Gasteiger partial charge on any atom is -0.376 e. The fourth-order valence-electron chi connectivity index (χ4n) is 2.12. The van der Waals surface area contributed by atoms with Gasteiger partial charge in [-0.25, -0.2) is 8.78 Å². The molecule has 0 aliphatic heterocycles. The van der Waals surface area contributed by atoms with Gasteiger partial charge in [0.05, 0.1) is 12.2 Å². The Morgan fingerprint density at radius 2 is 1.83 bits per heavy atom. The first-order chi connectivity index (χ1) is 5.45. The molecule has 0 aromatic carbocycles. The first-order valence-corrected chi connectivity index (χ1v) is 4.48. The van der Waals surface area contributed by atoms with Crippen LogP contribution in [0.4, 0.5) is 8.78 Å². The molecule has 2 rings (SSSR count). The molecule has 2 aliphatic carbocycles. The van der Waals surface area contributed by atoms with E-state index >= 15 is 0 Å². The first-order valence-electron chi connectivity index (χ1n) is 4.48. The Morgan fingerprint density at radius 1 is 1.33 bits per heavy atom. The molecule has 2 fully saturated rings. The van der Waals surface area contributed by atoms with Crippen molar-refractivity contribution in [3.63, 3.8) is 0 Å². The summed E-state index contributed by atoms with van der Waals surface area (Å²) in [5.41, 5.74) is -0.632. The van der Waals surface area contributed by atoms with Crippen LogP contribution in [0, 0.1) is 5.41 Å². The Labute approximate surface area is 71.1 Å². The highest BCUT2D eigenvalue weighted by molar-refractivity contribution is 5.17. The van der Waals surface area contributed by atoms with E-state index < -0.39 is 11.3 Å². The maximum Gasteiger partial charge on any atom is 0.254 e. The molecular formula is C9H14F2O. The molecule has 1 spiro atoms. The molecule has 0 N–H and O–H groups in total. The molecule has 0 bridgehead atoms. The zero-order valence-electron chi connectivity index (χ0n) is 7.44. The quantitative estimate of drug-likeness (QED) is 0.628. The van der Waals surface area contributed by atoms with Crippen LogP contribution in [-0.4, -0.2) is 18.1 Å². The van der Waals surface area contributed by atoms with Crippen LogP contribution in [-0.2, 0) is 4.74 Å². The molecule has 0 radical (unpaired) electrons. The van der Waals surface area contributed by atoms with E-state index in [2.05, 4.69) is 0 Å². The minimum atomic E-state index is -2.37. The summed E-state index contributed by atoms with van der Waals surface area (Å²) in [5, 5.41) is 0. The zero-order valence-corrected chi connectivity index (χ0v) is 7.44. The van der Waals surface area contributed by atoms with Crippen molar-refractivity contribution in [2.24, 2.45) is 5.41 Å².